The van der Waals surface area contributed by atoms with E-state index in [9.17, 15) is 9.18 Å². The number of halogens is 1. The van der Waals surface area contributed by atoms with Crippen molar-refractivity contribution >= 4 is 16.9 Å². The van der Waals surface area contributed by atoms with Crippen molar-refractivity contribution in [2.24, 2.45) is 0 Å². The van der Waals surface area contributed by atoms with Gasteiger partial charge in [0.2, 0.25) is 0 Å². The standard InChI is InChI=1S/C12H10FNO3/c1-7-4-8(13)5-9-10(17-6-11(15)16)2-3-14-12(7)9/h2-5H,6H2,1H3,(H,15,16). The maximum absolute atomic E-state index is 13.3. The van der Waals surface area contributed by atoms with Crippen LogP contribution in [0.4, 0.5) is 4.39 Å². The zero-order valence-corrected chi connectivity index (χ0v) is 9.11. The predicted molar refractivity (Wildman–Crippen MR) is 59.6 cm³/mol. The summed E-state index contributed by atoms with van der Waals surface area (Å²) in [6.45, 7) is 1.27. The van der Waals surface area contributed by atoms with Crippen LogP contribution in [0.5, 0.6) is 5.75 Å². The van der Waals surface area contributed by atoms with Gasteiger partial charge in [0.1, 0.15) is 11.6 Å². The molecule has 1 N–H and O–H groups in total. The van der Waals surface area contributed by atoms with Crippen LogP contribution in [0, 0.1) is 12.7 Å². The quantitative estimate of drug-likeness (QED) is 0.885. The molecule has 4 nitrogen and oxygen atoms in total. The van der Waals surface area contributed by atoms with Crippen LogP contribution in [0.15, 0.2) is 24.4 Å². The number of hydrogen-bond acceptors (Lipinski definition) is 3. The molecule has 2 aromatic rings. The van der Waals surface area contributed by atoms with Crippen molar-refractivity contribution in [2.45, 2.75) is 6.92 Å². The lowest BCUT2D eigenvalue weighted by atomic mass is 10.1. The first-order chi connectivity index (χ1) is 8.08. The summed E-state index contributed by atoms with van der Waals surface area (Å²) in [4.78, 5) is 14.5. The highest BCUT2D eigenvalue weighted by Gasteiger charge is 2.08. The first-order valence-electron chi connectivity index (χ1n) is 4.97. The summed E-state index contributed by atoms with van der Waals surface area (Å²) in [6, 6.07) is 4.17. The molecule has 0 radical (unpaired) electrons. The van der Waals surface area contributed by atoms with Crippen LogP contribution in [-0.2, 0) is 4.79 Å². The first-order valence-corrected chi connectivity index (χ1v) is 4.97. The minimum Gasteiger partial charge on any atom is -0.481 e. The van der Waals surface area contributed by atoms with Crippen molar-refractivity contribution in [3.63, 3.8) is 0 Å². The van der Waals surface area contributed by atoms with Gasteiger partial charge in [0.25, 0.3) is 0 Å². The third kappa shape index (κ3) is 2.33. The van der Waals surface area contributed by atoms with Crippen molar-refractivity contribution in [2.75, 3.05) is 6.61 Å². The molecule has 0 fully saturated rings. The fraction of sp³-hybridized carbons (Fsp3) is 0.167. The van der Waals surface area contributed by atoms with E-state index in [2.05, 4.69) is 4.98 Å². The van der Waals surface area contributed by atoms with Crippen LogP contribution in [-0.4, -0.2) is 22.7 Å². The lowest BCUT2D eigenvalue weighted by Gasteiger charge is -2.08. The maximum Gasteiger partial charge on any atom is 0.341 e. The molecule has 0 saturated carbocycles. The van der Waals surface area contributed by atoms with E-state index in [-0.39, 0.29) is 0 Å². The average molecular weight is 235 g/mol. The van der Waals surface area contributed by atoms with Gasteiger partial charge in [-0.05, 0) is 30.7 Å². The summed E-state index contributed by atoms with van der Waals surface area (Å²) < 4.78 is 18.4. The van der Waals surface area contributed by atoms with Crippen LogP contribution in [0.25, 0.3) is 10.9 Å². The minimum absolute atomic E-state index is 0.319. The van der Waals surface area contributed by atoms with E-state index in [4.69, 9.17) is 9.84 Å². The fourth-order valence-corrected chi connectivity index (χ4v) is 1.63. The average Bonchev–Trinajstić information content (AvgIpc) is 2.26. The molecule has 0 amide bonds. The van der Waals surface area contributed by atoms with E-state index in [1.807, 2.05) is 0 Å². The summed E-state index contributed by atoms with van der Waals surface area (Å²) in [5, 5.41) is 9.02. The lowest BCUT2D eigenvalue weighted by molar-refractivity contribution is -0.139. The molecular formula is C12H10FNO3. The van der Waals surface area contributed by atoms with E-state index in [1.165, 1.54) is 24.4 Å². The molecule has 5 heteroatoms. The molecule has 17 heavy (non-hydrogen) atoms. The topological polar surface area (TPSA) is 59.4 Å². The highest BCUT2D eigenvalue weighted by atomic mass is 19.1. The van der Waals surface area contributed by atoms with Gasteiger partial charge in [0, 0.05) is 11.6 Å². The number of carboxylic acid groups (broad SMARTS) is 1. The largest absolute Gasteiger partial charge is 0.481 e. The van der Waals surface area contributed by atoms with Gasteiger partial charge in [-0.1, -0.05) is 0 Å². The third-order valence-corrected chi connectivity index (χ3v) is 2.31. The number of aryl methyl sites for hydroxylation is 1. The van der Waals surface area contributed by atoms with E-state index in [1.54, 1.807) is 6.92 Å². The highest BCUT2D eigenvalue weighted by molar-refractivity contribution is 5.87. The van der Waals surface area contributed by atoms with Crippen molar-refractivity contribution in [3.8, 4) is 5.75 Å². The Kier molecular flexibility index (Phi) is 2.91. The smallest absolute Gasteiger partial charge is 0.341 e. The zero-order chi connectivity index (χ0) is 12.4. The molecule has 2 rings (SSSR count). The van der Waals surface area contributed by atoms with Crippen molar-refractivity contribution in [3.05, 3.63) is 35.8 Å². The van der Waals surface area contributed by atoms with E-state index >= 15 is 0 Å². The predicted octanol–water partition coefficient (Wildman–Crippen LogP) is 2.15. The number of ether oxygens (including phenoxy) is 1. The Hall–Kier alpha value is -2.17. The number of nitrogens with zero attached hydrogens (tertiary/aromatic N) is 1. The van der Waals surface area contributed by atoms with Crippen LogP contribution in [0.1, 0.15) is 5.56 Å². The zero-order valence-electron chi connectivity index (χ0n) is 9.11. The van der Waals surface area contributed by atoms with Gasteiger partial charge in [-0.2, -0.15) is 0 Å². The van der Waals surface area contributed by atoms with Crippen molar-refractivity contribution in [1.29, 1.82) is 0 Å². The Morgan fingerprint density at radius 3 is 3.00 bits per heavy atom. The molecule has 1 aromatic heterocycles. The van der Waals surface area contributed by atoms with Gasteiger partial charge < -0.3 is 9.84 Å². The number of pyridine rings is 1. The van der Waals surface area contributed by atoms with Crippen molar-refractivity contribution in [1.82, 2.24) is 4.98 Å². The summed E-state index contributed by atoms with van der Waals surface area (Å²) in [6.07, 6.45) is 1.50. The normalized spacial score (nSPS) is 10.5. The molecule has 1 heterocycles. The molecular weight excluding hydrogens is 225 g/mol. The summed E-state index contributed by atoms with van der Waals surface area (Å²) in [7, 11) is 0. The second-order valence-corrected chi connectivity index (χ2v) is 3.61. The number of benzene rings is 1. The number of carboxylic acids is 1. The van der Waals surface area contributed by atoms with Gasteiger partial charge >= 0.3 is 5.97 Å². The molecule has 0 atom stereocenters. The van der Waals surface area contributed by atoms with Crippen molar-refractivity contribution < 1.29 is 19.0 Å². The van der Waals surface area contributed by atoms with Crippen LogP contribution in [0.3, 0.4) is 0 Å². The lowest BCUT2D eigenvalue weighted by Crippen LogP contribution is -2.09. The molecule has 0 aliphatic carbocycles. The van der Waals surface area contributed by atoms with E-state index in [0.717, 1.165) is 0 Å². The number of fused-ring (bicyclic) bond motifs is 1. The molecule has 0 saturated heterocycles. The van der Waals surface area contributed by atoms with Crippen LogP contribution in [0.2, 0.25) is 0 Å². The second kappa shape index (κ2) is 4.37. The molecule has 1 aromatic carbocycles. The molecule has 88 valence electrons. The Bertz CT molecular complexity index is 583. The number of carbonyl (C=O) groups is 1. The maximum atomic E-state index is 13.3. The van der Waals surface area contributed by atoms with Gasteiger partial charge in [0.15, 0.2) is 6.61 Å². The van der Waals surface area contributed by atoms with E-state index in [0.29, 0.717) is 22.2 Å². The fourth-order valence-electron chi connectivity index (χ4n) is 1.63. The van der Waals surface area contributed by atoms with Gasteiger partial charge in [-0.3, -0.25) is 4.98 Å². The Balaban J connectivity index is 2.52. The second-order valence-electron chi connectivity index (χ2n) is 3.61. The SMILES string of the molecule is Cc1cc(F)cc2c(OCC(=O)O)ccnc12. The molecule has 0 aliphatic rings. The summed E-state index contributed by atoms with van der Waals surface area (Å²) in [5.41, 5.74) is 1.29. The van der Waals surface area contributed by atoms with E-state index < -0.39 is 18.4 Å². The number of aromatic nitrogens is 1. The monoisotopic (exact) mass is 235 g/mol. The molecule has 0 spiro atoms. The third-order valence-electron chi connectivity index (χ3n) is 2.31. The van der Waals surface area contributed by atoms with Crippen LogP contribution < -0.4 is 4.74 Å². The van der Waals surface area contributed by atoms with Gasteiger partial charge in [0.05, 0.1) is 5.52 Å². The van der Waals surface area contributed by atoms with Gasteiger partial charge in [-0.15, -0.1) is 0 Å². The summed E-state index contributed by atoms with van der Waals surface area (Å²) in [5.74, 6) is -1.16. The number of aliphatic carboxylic acids is 1. The molecule has 0 bridgehead atoms. The number of hydrogen-bond donors (Lipinski definition) is 1. The molecule has 0 unspecified atom stereocenters. The Morgan fingerprint density at radius 1 is 1.53 bits per heavy atom. The first kappa shape index (κ1) is 11.3. The number of rotatable bonds is 3. The van der Waals surface area contributed by atoms with Gasteiger partial charge in [-0.25, -0.2) is 9.18 Å². The molecule has 0 aliphatic heterocycles. The highest BCUT2D eigenvalue weighted by Crippen LogP contribution is 2.26. The Labute approximate surface area is 96.7 Å². The Morgan fingerprint density at radius 2 is 2.29 bits per heavy atom. The summed E-state index contributed by atoms with van der Waals surface area (Å²) >= 11 is 0. The van der Waals surface area contributed by atoms with Crippen LogP contribution >= 0.6 is 0 Å². The minimum atomic E-state index is -1.08.